The molecule has 1 saturated heterocycles. The molecule has 2 rings (SSSR count). The van der Waals surface area contributed by atoms with Gasteiger partial charge in [-0.25, -0.2) is 0 Å². The normalized spacial score (nSPS) is 29.3. The molecular weight excluding hydrogens is 246 g/mol. The largest absolute Gasteiger partial charge is 0.362 e. The van der Waals surface area contributed by atoms with Crippen LogP contribution in [0.25, 0.3) is 0 Å². The van der Waals surface area contributed by atoms with E-state index in [1.54, 1.807) is 0 Å². The summed E-state index contributed by atoms with van der Waals surface area (Å²) in [5, 5.41) is 0. The van der Waals surface area contributed by atoms with E-state index < -0.39 is 0 Å². The summed E-state index contributed by atoms with van der Waals surface area (Å²) in [5.74, 6) is 0.660. The van der Waals surface area contributed by atoms with Gasteiger partial charge in [0.15, 0.2) is 0 Å². The van der Waals surface area contributed by atoms with Crippen LogP contribution >= 0.6 is 0 Å². The average molecular weight is 273 g/mol. The SMILES string of the molecule is C/C=C/C=C/C=C/C1=NCC(CCCCCC)C2OC12. The number of hydrogen-bond acceptors (Lipinski definition) is 2. The van der Waals surface area contributed by atoms with Crippen LogP contribution in [0, 0.1) is 5.92 Å². The Labute approximate surface area is 123 Å². The molecule has 0 bridgehead atoms. The minimum atomic E-state index is 0.284. The molecule has 1 fully saturated rings. The van der Waals surface area contributed by atoms with E-state index in [-0.39, 0.29) is 6.10 Å². The zero-order valence-electron chi connectivity index (χ0n) is 12.8. The molecule has 2 aliphatic heterocycles. The van der Waals surface area contributed by atoms with Gasteiger partial charge in [0.1, 0.15) is 6.10 Å². The fourth-order valence-corrected chi connectivity index (χ4v) is 2.77. The lowest BCUT2D eigenvalue weighted by Crippen LogP contribution is -2.24. The molecular formula is C18H27NO. The van der Waals surface area contributed by atoms with E-state index in [1.807, 2.05) is 31.2 Å². The second-order valence-corrected chi connectivity index (χ2v) is 5.67. The Morgan fingerprint density at radius 1 is 1.15 bits per heavy atom. The molecule has 0 aliphatic carbocycles. The molecule has 3 atom stereocenters. The van der Waals surface area contributed by atoms with Gasteiger partial charge in [0.25, 0.3) is 0 Å². The van der Waals surface area contributed by atoms with Crippen molar-refractivity contribution in [1.82, 2.24) is 0 Å². The number of epoxide rings is 1. The van der Waals surface area contributed by atoms with Crippen molar-refractivity contribution < 1.29 is 4.74 Å². The van der Waals surface area contributed by atoms with Crippen molar-refractivity contribution in [3.8, 4) is 0 Å². The van der Waals surface area contributed by atoms with E-state index in [4.69, 9.17) is 9.73 Å². The molecule has 110 valence electrons. The zero-order valence-corrected chi connectivity index (χ0v) is 12.8. The zero-order chi connectivity index (χ0) is 14.2. The molecule has 0 radical (unpaired) electrons. The van der Waals surface area contributed by atoms with Crippen molar-refractivity contribution >= 4 is 5.71 Å². The van der Waals surface area contributed by atoms with E-state index in [9.17, 15) is 0 Å². The van der Waals surface area contributed by atoms with E-state index in [0.29, 0.717) is 12.0 Å². The van der Waals surface area contributed by atoms with Crippen molar-refractivity contribution in [1.29, 1.82) is 0 Å². The monoisotopic (exact) mass is 273 g/mol. The number of ether oxygens (including phenoxy) is 1. The first-order chi connectivity index (χ1) is 9.86. The van der Waals surface area contributed by atoms with Crippen LogP contribution in [0.4, 0.5) is 0 Å². The van der Waals surface area contributed by atoms with Gasteiger partial charge >= 0.3 is 0 Å². The maximum Gasteiger partial charge on any atom is 0.126 e. The number of fused-ring (bicyclic) bond motifs is 1. The fourth-order valence-electron chi connectivity index (χ4n) is 2.77. The van der Waals surface area contributed by atoms with Crippen LogP contribution in [-0.4, -0.2) is 24.5 Å². The van der Waals surface area contributed by atoms with Gasteiger partial charge in [-0.1, -0.05) is 63.0 Å². The summed E-state index contributed by atoms with van der Waals surface area (Å²) in [4.78, 5) is 4.70. The van der Waals surface area contributed by atoms with Crippen LogP contribution in [0.5, 0.6) is 0 Å². The van der Waals surface area contributed by atoms with Crippen LogP contribution in [-0.2, 0) is 4.74 Å². The van der Waals surface area contributed by atoms with Crippen molar-refractivity contribution in [3.63, 3.8) is 0 Å². The Kier molecular flexibility index (Phi) is 6.25. The molecule has 0 N–H and O–H groups in total. The van der Waals surface area contributed by atoms with Crippen LogP contribution in [0.15, 0.2) is 41.4 Å². The van der Waals surface area contributed by atoms with Crippen LogP contribution in [0.2, 0.25) is 0 Å². The fraction of sp³-hybridized carbons (Fsp3) is 0.611. The Morgan fingerprint density at radius 3 is 2.80 bits per heavy atom. The minimum absolute atomic E-state index is 0.284. The quantitative estimate of drug-likeness (QED) is 0.363. The molecule has 2 heteroatoms. The molecule has 2 heterocycles. The maximum atomic E-state index is 5.82. The molecule has 20 heavy (non-hydrogen) atoms. The number of aliphatic imine (C=N–C) groups is 1. The lowest BCUT2D eigenvalue weighted by molar-refractivity contribution is 0.315. The van der Waals surface area contributed by atoms with Gasteiger partial charge in [-0.2, -0.15) is 0 Å². The second kappa shape index (κ2) is 8.21. The Morgan fingerprint density at radius 2 is 2.00 bits per heavy atom. The molecule has 3 unspecified atom stereocenters. The predicted molar refractivity (Wildman–Crippen MR) is 86.3 cm³/mol. The van der Waals surface area contributed by atoms with Crippen molar-refractivity contribution in [2.75, 3.05) is 6.54 Å². The number of hydrogen-bond donors (Lipinski definition) is 0. The summed E-state index contributed by atoms with van der Waals surface area (Å²) in [6.45, 7) is 5.22. The van der Waals surface area contributed by atoms with E-state index >= 15 is 0 Å². The van der Waals surface area contributed by atoms with Gasteiger partial charge in [0, 0.05) is 12.5 Å². The molecule has 0 spiro atoms. The van der Waals surface area contributed by atoms with Gasteiger partial charge in [0.05, 0.1) is 11.8 Å². The van der Waals surface area contributed by atoms with E-state index in [2.05, 4.69) is 19.1 Å². The lowest BCUT2D eigenvalue weighted by Gasteiger charge is -2.16. The Bertz CT molecular complexity index is 406. The standard InChI is InChI=1S/C18H27NO/c1-3-5-7-9-11-13-16-18-17(20-18)15(14-19-16)12-10-8-6-4-2/h3,5,7,9,11,13,15,17-18H,4,6,8,10,12,14H2,1-2H3/b5-3+,9-7+,13-11+. The van der Waals surface area contributed by atoms with Gasteiger partial charge in [-0.3, -0.25) is 4.99 Å². The number of nitrogens with zero attached hydrogens (tertiary/aromatic N) is 1. The first-order valence-electron chi connectivity index (χ1n) is 8.02. The van der Waals surface area contributed by atoms with Crippen molar-refractivity contribution in [2.24, 2.45) is 10.9 Å². The van der Waals surface area contributed by atoms with Gasteiger partial charge < -0.3 is 4.74 Å². The molecule has 0 saturated carbocycles. The lowest BCUT2D eigenvalue weighted by atomic mass is 9.92. The van der Waals surface area contributed by atoms with Crippen molar-refractivity contribution in [2.45, 2.75) is 58.2 Å². The third-order valence-corrected chi connectivity index (χ3v) is 4.01. The summed E-state index contributed by atoms with van der Waals surface area (Å²) in [6.07, 6.45) is 19.6. The molecule has 2 nitrogen and oxygen atoms in total. The van der Waals surface area contributed by atoms with E-state index in [0.717, 1.165) is 12.3 Å². The van der Waals surface area contributed by atoms with Crippen LogP contribution < -0.4 is 0 Å². The van der Waals surface area contributed by atoms with Gasteiger partial charge in [-0.05, 0) is 19.4 Å². The van der Waals surface area contributed by atoms with Gasteiger partial charge in [0.2, 0.25) is 0 Å². The minimum Gasteiger partial charge on any atom is -0.362 e. The molecule has 0 aromatic heterocycles. The summed E-state index contributed by atoms with van der Waals surface area (Å²) >= 11 is 0. The highest BCUT2D eigenvalue weighted by atomic mass is 16.6. The Balaban J connectivity index is 1.75. The second-order valence-electron chi connectivity index (χ2n) is 5.67. The number of unbranched alkanes of at least 4 members (excludes halogenated alkanes) is 3. The van der Waals surface area contributed by atoms with E-state index in [1.165, 1.54) is 32.1 Å². The Hall–Kier alpha value is -1.15. The van der Waals surface area contributed by atoms with Crippen LogP contribution in [0.1, 0.15) is 46.0 Å². The average Bonchev–Trinajstić information content (AvgIpc) is 3.25. The maximum absolute atomic E-state index is 5.82. The summed E-state index contributed by atoms with van der Waals surface area (Å²) in [7, 11) is 0. The third kappa shape index (κ3) is 4.45. The summed E-state index contributed by atoms with van der Waals surface area (Å²) in [5.41, 5.74) is 1.13. The molecule has 0 aromatic carbocycles. The topological polar surface area (TPSA) is 24.9 Å². The molecule has 0 amide bonds. The summed E-state index contributed by atoms with van der Waals surface area (Å²) < 4.78 is 5.82. The summed E-state index contributed by atoms with van der Waals surface area (Å²) in [6, 6.07) is 0. The molecule has 2 aliphatic rings. The number of allylic oxidation sites excluding steroid dienone is 5. The van der Waals surface area contributed by atoms with Crippen LogP contribution in [0.3, 0.4) is 0 Å². The van der Waals surface area contributed by atoms with Gasteiger partial charge in [-0.15, -0.1) is 0 Å². The first-order valence-corrected chi connectivity index (χ1v) is 8.02. The highest BCUT2D eigenvalue weighted by Crippen LogP contribution is 2.37. The molecule has 0 aromatic rings. The first kappa shape index (κ1) is 15.2. The van der Waals surface area contributed by atoms with Crippen molar-refractivity contribution in [3.05, 3.63) is 36.5 Å². The highest BCUT2D eigenvalue weighted by Gasteiger charge is 2.49. The smallest absolute Gasteiger partial charge is 0.126 e. The highest BCUT2D eigenvalue weighted by molar-refractivity contribution is 6.01. The third-order valence-electron chi connectivity index (χ3n) is 4.01. The number of rotatable bonds is 8. The predicted octanol–water partition coefficient (Wildman–Crippen LogP) is 4.48.